The molecule has 1 saturated heterocycles. The molecule has 1 aromatic carbocycles. The van der Waals surface area contributed by atoms with Crippen molar-refractivity contribution in [2.24, 2.45) is 5.92 Å². The highest BCUT2D eigenvalue weighted by atomic mass is 16.5. The van der Waals surface area contributed by atoms with E-state index in [-0.39, 0.29) is 24.3 Å². The van der Waals surface area contributed by atoms with Gasteiger partial charge in [0.05, 0.1) is 19.0 Å². The summed E-state index contributed by atoms with van der Waals surface area (Å²) in [5.74, 6) is 0.533. The molecular weight excluding hydrogens is 346 g/mol. The van der Waals surface area contributed by atoms with Gasteiger partial charge < -0.3 is 20.7 Å². The topological polar surface area (TPSA) is 97.3 Å². The lowest BCUT2D eigenvalue weighted by Gasteiger charge is -2.26. The zero-order chi connectivity index (χ0) is 19.2. The largest absolute Gasteiger partial charge is 0.497 e. The molecule has 1 aliphatic heterocycles. The number of ether oxygens (including phenoxy) is 1. The molecule has 144 valence electrons. The second-order valence-electron chi connectivity index (χ2n) is 6.77. The van der Waals surface area contributed by atoms with E-state index in [1.54, 1.807) is 43.8 Å². The first-order chi connectivity index (χ1) is 13.0. The smallest absolute Gasteiger partial charge is 0.246 e. The second-order valence-corrected chi connectivity index (χ2v) is 6.77. The van der Waals surface area contributed by atoms with Crippen LogP contribution in [0.1, 0.15) is 19.8 Å². The van der Waals surface area contributed by atoms with Crippen LogP contribution in [0.5, 0.6) is 5.75 Å². The third-order valence-electron chi connectivity index (χ3n) is 4.57. The van der Waals surface area contributed by atoms with Gasteiger partial charge in [0, 0.05) is 23.8 Å². The van der Waals surface area contributed by atoms with E-state index in [1.165, 1.54) is 4.68 Å². The van der Waals surface area contributed by atoms with Gasteiger partial charge in [0.25, 0.3) is 0 Å². The van der Waals surface area contributed by atoms with Crippen LogP contribution in [0.3, 0.4) is 0 Å². The summed E-state index contributed by atoms with van der Waals surface area (Å²) in [6.45, 7) is 3.00. The Hall–Kier alpha value is -2.87. The number of methoxy groups -OCH3 is 1. The van der Waals surface area contributed by atoms with Gasteiger partial charge in [0.15, 0.2) is 0 Å². The first-order valence-corrected chi connectivity index (χ1v) is 9.04. The first kappa shape index (κ1) is 18.9. The van der Waals surface area contributed by atoms with Crippen molar-refractivity contribution >= 4 is 23.2 Å². The van der Waals surface area contributed by atoms with E-state index >= 15 is 0 Å². The molecule has 2 aromatic rings. The van der Waals surface area contributed by atoms with E-state index in [0.717, 1.165) is 25.1 Å². The number of nitrogens with zero attached hydrogens (tertiary/aromatic N) is 2. The van der Waals surface area contributed by atoms with E-state index < -0.39 is 0 Å². The van der Waals surface area contributed by atoms with Gasteiger partial charge in [-0.25, -0.2) is 0 Å². The number of carbonyl (C=O) groups is 2. The fourth-order valence-corrected chi connectivity index (χ4v) is 3.15. The number of anilines is 2. The number of rotatable bonds is 6. The van der Waals surface area contributed by atoms with Gasteiger partial charge in [-0.05, 0) is 50.6 Å². The minimum atomic E-state index is -0.201. The van der Waals surface area contributed by atoms with Crippen LogP contribution < -0.4 is 20.7 Å². The minimum Gasteiger partial charge on any atom is -0.497 e. The summed E-state index contributed by atoms with van der Waals surface area (Å²) in [5, 5.41) is 13.2. The third kappa shape index (κ3) is 5.30. The van der Waals surface area contributed by atoms with Gasteiger partial charge in [-0.2, -0.15) is 5.10 Å². The minimum absolute atomic E-state index is 0.00275. The van der Waals surface area contributed by atoms with E-state index in [1.807, 2.05) is 0 Å². The summed E-state index contributed by atoms with van der Waals surface area (Å²) in [6, 6.07) is 7.44. The highest BCUT2D eigenvalue weighted by molar-refractivity contribution is 5.93. The summed E-state index contributed by atoms with van der Waals surface area (Å²) in [6.07, 6.45) is 4.87. The Morgan fingerprint density at radius 3 is 2.74 bits per heavy atom. The van der Waals surface area contributed by atoms with Crippen molar-refractivity contribution in [3.63, 3.8) is 0 Å². The van der Waals surface area contributed by atoms with E-state index in [4.69, 9.17) is 4.74 Å². The fourth-order valence-electron chi connectivity index (χ4n) is 3.15. The molecule has 8 nitrogen and oxygen atoms in total. The van der Waals surface area contributed by atoms with Gasteiger partial charge >= 0.3 is 0 Å². The third-order valence-corrected chi connectivity index (χ3v) is 4.57. The number of hydrogen-bond donors (Lipinski definition) is 3. The lowest BCUT2D eigenvalue weighted by atomic mass is 9.92. The van der Waals surface area contributed by atoms with Crippen molar-refractivity contribution in [1.82, 2.24) is 15.1 Å². The number of hydrogen-bond acceptors (Lipinski definition) is 5. The first-order valence-electron chi connectivity index (χ1n) is 9.04. The lowest BCUT2D eigenvalue weighted by Crippen LogP contribution is -2.40. The SMILES string of the molecule is COc1ccc(NC(=O)Cn2cc(NC(=O)[C@H]3CCN[C@@H](C)C3)cn2)cc1. The van der Waals surface area contributed by atoms with Gasteiger partial charge in [-0.1, -0.05) is 0 Å². The normalized spacial score (nSPS) is 19.3. The molecule has 0 unspecified atom stereocenters. The molecule has 2 atom stereocenters. The molecule has 8 heteroatoms. The predicted molar refractivity (Wildman–Crippen MR) is 103 cm³/mol. The molecule has 0 spiro atoms. The summed E-state index contributed by atoms with van der Waals surface area (Å²) in [7, 11) is 1.59. The standard InChI is InChI=1S/C19H25N5O3/c1-13-9-14(7-8-20-13)19(26)23-16-10-21-24(11-16)12-18(25)22-15-3-5-17(27-2)6-4-15/h3-6,10-11,13-14,20H,7-9,12H2,1-2H3,(H,22,25)(H,23,26)/t13-,14-/m0/s1. The van der Waals surface area contributed by atoms with Gasteiger partial charge in [-0.15, -0.1) is 0 Å². The zero-order valence-corrected chi connectivity index (χ0v) is 15.6. The highest BCUT2D eigenvalue weighted by Crippen LogP contribution is 2.19. The molecule has 2 amide bonds. The van der Waals surface area contributed by atoms with E-state index in [9.17, 15) is 9.59 Å². The van der Waals surface area contributed by atoms with Crippen molar-refractivity contribution in [2.45, 2.75) is 32.4 Å². The van der Waals surface area contributed by atoms with Crippen LogP contribution in [-0.4, -0.2) is 41.3 Å². The lowest BCUT2D eigenvalue weighted by molar-refractivity contribution is -0.121. The van der Waals surface area contributed by atoms with Crippen molar-refractivity contribution in [3.8, 4) is 5.75 Å². The molecule has 0 aliphatic carbocycles. The zero-order valence-electron chi connectivity index (χ0n) is 15.6. The number of piperidine rings is 1. The number of carbonyl (C=O) groups excluding carboxylic acids is 2. The van der Waals surface area contributed by atoms with Crippen LogP contribution >= 0.6 is 0 Å². The fraction of sp³-hybridized carbons (Fsp3) is 0.421. The molecular formula is C19H25N5O3. The quantitative estimate of drug-likeness (QED) is 0.720. The predicted octanol–water partition coefficient (Wildman–Crippen LogP) is 1.86. The molecule has 0 saturated carbocycles. The van der Waals surface area contributed by atoms with Gasteiger partial charge in [-0.3, -0.25) is 14.3 Å². The van der Waals surface area contributed by atoms with Crippen LogP contribution in [0.15, 0.2) is 36.7 Å². The maximum absolute atomic E-state index is 12.4. The molecule has 0 bridgehead atoms. The number of aromatic nitrogens is 2. The Labute approximate surface area is 158 Å². The maximum atomic E-state index is 12.4. The Bertz CT molecular complexity index is 787. The Morgan fingerprint density at radius 1 is 1.26 bits per heavy atom. The van der Waals surface area contributed by atoms with Gasteiger partial charge in [0.1, 0.15) is 12.3 Å². The number of nitrogens with one attached hydrogen (secondary N) is 3. The maximum Gasteiger partial charge on any atom is 0.246 e. The summed E-state index contributed by atoms with van der Waals surface area (Å²) in [5.41, 5.74) is 1.28. The average molecular weight is 371 g/mol. The number of benzene rings is 1. The molecule has 3 rings (SSSR count). The average Bonchev–Trinajstić information content (AvgIpc) is 3.09. The second kappa shape index (κ2) is 8.68. The molecule has 1 fully saturated rings. The molecule has 1 aliphatic rings. The monoisotopic (exact) mass is 371 g/mol. The van der Waals surface area contributed by atoms with Crippen LogP contribution in [-0.2, 0) is 16.1 Å². The van der Waals surface area contributed by atoms with Gasteiger partial charge in [0.2, 0.25) is 11.8 Å². The van der Waals surface area contributed by atoms with Crippen LogP contribution in [0.4, 0.5) is 11.4 Å². The van der Waals surface area contributed by atoms with E-state index in [2.05, 4.69) is 28.0 Å². The van der Waals surface area contributed by atoms with Crippen LogP contribution in [0.2, 0.25) is 0 Å². The Balaban J connectivity index is 1.50. The Kier molecular flexibility index (Phi) is 6.08. The number of amides is 2. The summed E-state index contributed by atoms with van der Waals surface area (Å²) >= 11 is 0. The van der Waals surface area contributed by atoms with Crippen LogP contribution in [0, 0.1) is 5.92 Å². The molecule has 1 aromatic heterocycles. The Morgan fingerprint density at radius 2 is 2.04 bits per heavy atom. The van der Waals surface area contributed by atoms with Crippen molar-refractivity contribution in [1.29, 1.82) is 0 Å². The molecule has 3 N–H and O–H groups in total. The molecule has 27 heavy (non-hydrogen) atoms. The van der Waals surface area contributed by atoms with Crippen molar-refractivity contribution in [2.75, 3.05) is 24.3 Å². The van der Waals surface area contributed by atoms with E-state index in [0.29, 0.717) is 17.4 Å². The highest BCUT2D eigenvalue weighted by Gasteiger charge is 2.24. The van der Waals surface area contributed by atoms with Crippen molar-refractivity contribution < 1.29 is 14.3 Å². The van der Waals surface area contributed by atoms with Crippen LogP contribution in [0.25, 0.3) is 0 Å². The summed E-state index contributed by atoms with van der Waals surface area (Å²) in [4.78, 5) is 24.5. The molecule has 2 heterocycles. The summed E-state index contributed by atoms with van der Waals surface area (Å²) < 4.78 is 6.59. The molecule has 0 radical (unpaired) electrons. The van der Waals surface area contributed by atoms with Crippen molar-refractivity contribution in [3.05, 3.63) is 36.7 Å².